The molecule has 1 saturated carbocycles. The highest BCUT2D eigenvalue weighted by Gasteiger charge is 2.52. The van der Waals surface area contributed by atoms with Crippen molar-refractivity contribution < 1.29 is 19.1 Å². The molecule has 1 unspecified atom stereocenters. The Bertz CT molecular complexity index is 714. The maximum absolute atomic E-state index is 13.4. The van der Waals surface area contributed by atoms with Gasteiger partial charge in [-0.3, -0.25) is 19.4 Å². The van der Waals surface area contributed by atoms with Gasteiger partial charge in [0.2, 0.25) is 5.91 Å². The first kappa shape index (κ1) is 21.3. The van der Waals surface area contributed by atoms with Crippen LogP contribution in [0, 0.1) is 0 Å². The third-order valence-corrected chi connectivity index (χ3v) is 6.49. The zero-order valence-corrected chi connectivity index (χ0v) is 17.7. The molecule has 1 aromatic carbocycles. The molecule has 3 aliphatic rings. The summed E-state index contributed by atoms with van der Waals surface area (Å²) >= 11 is 0. The van der Waals surface area contributed by atoms with Crippen molar-refractivity contribution in [2.24, 2.45) is 0 Å². The van der Waals surface area contributed by atoms with E-state index < -0.39 is 11.8 Å². The van der Waals surface area contributed by atoms with Crippen LogP contribution in [0.1, 0.15) is 48.9 Å². The highest BCUT2D eigenvalue weighted by molar-refractivity contribution is 5.98. The van der Waals surface area contributed by atoms with Crippen LogP contribution < -0.4 is 5.32 Å². The molecule has 0 radical (unpaired) electrons. The SMILES string of the molecule is O=C(NCCCN1CCOCC1)C1COC2(CCCCC2)N1C(=O)c1ccccc1. The van der Waals surface area contributed by atoms with Crippen LogP contribution in [-0.2, 0) is 14.3 Å². The quantitative estimate of drug-likeness (QED) is 0.720. The summed E-state index contributed by atoms with van der Waals surface area (Å²) in [6, 6.07) is 8.67. The smallest absolute Gasteiger partial charge is 0.256 e. The Morgan fingerprint density at radius 2 is 1.80 bits per heavy atom. The normalized spacial score (nSPS) is 24.1. The van der Waals surface area contributed by atoms with E-state index in [9.17, 15) is 9.59 Å². The average Bonchev–Trinajstić information content (AvgIpc) is 3.16. The molecule has 7 heteroatoms. The number of nitrogens with zero attached hydrogens (tertiary/aromatic N) is 2. The second kappa shape index (κ2) is 9.90. The molecular formula is C23H33N3O4. The van der Waals surface area contributed by atoms with Crippen molar-refractivity contribution in [2.75, 3.05) is 46.0 Å². The van der Waals surface area contributed by atoms with Gasteiger partial charge in [0.15, 0.2) is 0 Å². The summed E-state index contributed by atoms with van der Waals surface area (Å²) in [6.45, 7) is 5.29. The molecule has 2 aliphatic heterocycles. The Balaban J connectivity index is 1.40. The third kappa shape index (κ3) is 4.68. The summed E-state index contributed by atoms with van der Waals surface area (Å²) in [4.78, 5) is 30.6. The molecule has 4 rings (SSSR count). The second-order valence-corrected chi connectivity index (χ2v) is 8.47. The molecule has 2 saturated heterocycles. The zero-order chi connectivity index (χ0) is 20.8. The predicted octanol–water partition coefficient (Wildman–Crippen LogP) is 2.03. The van der Waals surface area contributed by atoms with Crippen LogP contribution in [0.25, 0.3) is 0 Å². The van der Waals surface area contributed by atoms with Crippen molar-refractivity contribution in [3.05, 3.63) is 35.9 Å². The van der Waals surface area contributed by atoms with Crippen LogP contribution in [0.5, 0.6) is 0 Å². The third-order valence-electron chi connectivity index (χ3n) is 6.49. The minimum atomic E-state index is -0.638. The highest BCUT2D eigenvalue weighted by atomic mass is 16.5. The molecule has 0 aromatic heterocycles. The lowest BCUT2D eigenvalue weighted by Crippen LogP contribution is -2.56. The lowest BCUT2D eigenvalue weighted by atomic mass is 9.89. The van der Waals surface area contributed by atoms with E-state index >= 15 is 0 Å². The molecule has 1 spiro atoms. The fourth-order valence-electron chi connectivity index (χ4n) is 4.85. The summed E-state index contributed by atoms with van der Waals surface area (Å²) in [6.07, 6.45) is 5.67. The number of rotatable bonds is 6. The largest absolute Gasteiger partial charge is 0.379 e. The molecule has 1 aliphatic carbocycles. The Labute approximate surface area is 178 Å². The van der Waals surface area contributed by atoms with Crippen molar-refractivity contribution in [1.82, 2.24) is 15.1 Å². The molecule has 30 heavy (non-hydrogen) atoms. The van der Waals surface area contributed by atoms with Gasteiger partial charge in [-0.05, 0) is 50.8 Å². The fourth-order valence-corrected chi connectivity index (χ4v) is 4.85. The lowest BCUT2D eigenvalue weighted by molar-refractivity contribution is -0.127. The molecule has 3 fully saturated rings. The maximum atomic E-state index is 13.4. The van der Waals surface area contributed by atoms with Gasteiger partial charge in [0, 0.05) is 25.2 Å². The standard InChI is InChI=1S/C23H33N3O4/c27-21(24-12-7-13-25-14-16-29-17-15-25)20-18-30-23(10-5-2-6-11-23)26(20)22(28)19-8-3-1-4-9-19/h1,3-4,8-9,20H,2,5-7,10-18H2,(H,24,27). The van der Waals surface area contributed by atoms with Crippen molar-refractivity contribution >= 4 is 11.8 Å². The molecular weight excluding hydrogens is 382 g/mol. The maximum Gasteiger partial charge on any atom is 0.256 e. The molecule has 1 aromatic rings. The van der Waals surface area contributed by atoms with E-state index in [1.165, 1.54) is 0 Å². The van der Waals surface area contributed by atoms with Crippen molar-refractivity contribution in [3.8, 4) is 0 Å². The summed E-state index contributed by atoms with van der Waals surface area (Å²) in [5, 5.41) is 3.05. The molecule has 7 nitrogen and oxygen atoms in total. The van der Waals surface area contributed by atoms with Gasteiger partial charge in [0.1, 0.15) is 11.8 Å². The number of carbonyl (C=O) groups is 2. The number of nitrogens with one attached hydrogen (secondary N) is 1. The average molecular weight is 416 g/mol. The molecule has 2 heterocycles. The molecule has 1 N–H and O–H groups in total. The summed E-state index contributed by atoms with van der Waals surface area (Å²) in [5.41, 5.74) is -0.0286. The Morgan fingerprint density at radius 3 is 2.53 bits per heavy atom. The first-order chi connectivity index (χ1) is 14.7. The van der Waals surface area contributed by atoms with E-state index in [1.807, 2.05) is 30.3 Å². The van der Waals surface area contributed by atoms with Crippen molar-refractivity contribution in [2.45, 2.75) is 50.3 Å². The Kier molecular flexibility index (Phi) is 7.02. The Morgan fingerprint density at radius 1 is 1.07 bits per heavy atom. The zero-order valence-electron chi connectivity index (χ0n) is 17.7. The van der Waals surface area contributed by atoms with Crippen LogP contribution in [0.3, 0.4) is 0 Å². The van der Waals surface area contributed by atoms with E-state index in [0.29, 0.717) is 12.1 Å². The van der Waals surface area contributed by atoms with Gasteiger partial charge in [-0.25, -0.2) is 0 Å². The van der Waals surface area contributed by atoms with E-state index in [-0.39, 0.29) is 18.4 Å². The van der Waals surface area contributed by atoms with Crippen molar-refractivity contribution in [1.29, 1.82) is 0 Å². The molecule has 2 amide bonds. The minimum absolute atomic E-state index is 0.108. The van der Waals surface area contributed by atoms with Gasteiger partial charge >= 0.3 is 0 Å². The number of morpholine rings is 1. The van der Waals surface area contributed by atoms with Crippen LogP contribution >= 0.6 is 0 Å². The van der Waals surface area contributed by atoms with E-state index in [4.69, 9.17) is 9.47 Å². The van der Waals surface area contributed by atoms with E-state index in [2.05, 4.69) is 10.2 Å². The van der Waals surface area contributed by atoms with Gasteiger partial charge in [-0.2, -0.15) is 0 Å². The number of hydrogen-bond donors (Lipinski definition) is 1. The van der Waals surface area contributed by atoms with Gasteiger partial charge in [-0.15, -0.1) is 0 Å². The molecule has 1 atom stereocenters. The number of hydrogen-bond acceptors (Lipinski definition) is 5. The predicted molar refractivity (Wildman–Crippen MR) is 113 cm³/mol. The van der Waals surface area contributed by atoms with E-state index in [0.717, 1.165) is 71.4 Å². The highest BCUT2D eigenvalue weighted by Crippen LogP contribution is 2.41. The van der Waals surface area contributed by atoms with E-state index in [1.54, 1.807) is 4.90 Å². The number of benzene rings is 1. The van der Waals surface area contributed by atoms with Crippen molar-refractivity contribution in [3.63, 3.8) is 0 Å². The second-order valence-electron chi connectivity index (χ2n) is 8.47. The topological polar surface area (TPSA) is 71.1 Å². The first-order valence-electron chi connectivity index (χ1n) is 11.3. The molecule has 164 valence electrons. The summed E-state index contributed by atoms with van der Waals surface area (Å²) < 4.78 is 11.6. The van der Waals surface area contributed by atoms with Gasteiger partial charge in [0.25, 0.3) is 5.91 Å². The van der Waals surface area contributed by atoms with Crippen LogP contribution in [0.15, 0.2) is 30.3 Å². The van der Waals surface area contributed by atoms with Crippen LogP contribution in [0.2, 0.25) is 0 Å². The summed E-state index contributed by atoms with van der Waals surface area (Å²) in [7, 11) is 0. The number of ether oxygens (including phenoxy) is 2. The number of carbonyl (C=O) groups excluding carboxylic acids is 2. The lowest BCUT2D eigenvalue weighted by Gasteiger charge is -2.41. The fraction of sp³-hybridized carbons (Fsp3) is 0.652. The van der Waals surface area contributed by atoms with Crippen LogP contribution in [-0.4, -0.2) is 79.4 Å². The van der Waals surface area contributed by atoms with Crippen LogP contribution in [0.4, 0.5) is 0 Å². The molecule has 0 bridgehead atoms. The van der Waals surface area contributed by atoms with Gasteiger partial charge < -0.3 is 14.8 Å². The van der Waals surface area contributed by atoms with Gasteiger partial charge in [-0.1, -0.05) is 24.6 Å². The number of amides is 2. The monoisotopic (exact) mass is 415 g/mol. The summed E-state index contributed by atoms with van der Waals surface area (Å²) in [5.74, 6) is -0.216. The minimum Gasteiger partial charge on any atom is -0.379 e. The first-order valence-corrected chi connectivity index (χ1v) is 11.3. The Hall–Kier alpha value is -1.96. The van der Waals surface area contributed by atoms with Gasteiger partial charge in [0.05, 0.1) is 19.8 Å².